The van der Waals surface area contributed by atoms with E-state index in [9.17, 15) is 13.2 Å². The summed E-state index contributed by atoms with van der Waals surface area (Å²) < 4.78 is 29.9. The fourth-order valence-electron chi connectivity index (χ4n) is 1.79. The number of nitrogens with one attached hydrogen (secondary N) is 2. The minimum atomic E-state index is -3.63. The zero-order valence-corrected chi connectivity index (χ0v) is 10.9. The number of amides is 1. The molecular formula is C11H15N3O4S. The molecule has 0 spiro atoms. The molecule has 0 aliphatic carbocycles. The molecule has 8 heteroatoms. The summed E-state index contributed by atoms with van der Waals surface area (Å²) >= 11 is 0. The molecule has 1 saturated heterocycles. The number of hydrazine groups is 1. The summed E-state index contributed by atoms with van der Waals surface area (Å²) in [6.45, 7) is 1.20. The van der Waals surface area contributed by atoms with E-state index in [1.807, 2.05) is 5.43 Å². The molecule has 1 amide bonds. The molecule has 7 nitrogen and oxygen atoms in total. The lowest BCUT2D eigenvalue weighted by Gasteiger charge is -2.23. The number of sulfone groups is 1. The van der Waals surface area contributed by atoms with Crippen molar-refractivity contribution >= 4 is 15.7 Å². The number of hydrogen-bond donors (Lipinski definition) is 3. The van der Waals surface area contributed by atoms with Crippen LogP contribution in [0.25, 0.3) is 0 Å². The molecule has 1 aliphatic rings. The van der Waals surface area contributed by atoms with E-state index in [-0.39, 0.29) is 17.0 Å². The molecule has 1 atom stereocenters. The Morgan fingerprint density at radius 3 is 2.89 bits per heavy atom. The molecular weight excluding hydrogens is 270 g/mol. The third kappa shape index (κ3) is 2.92. The third-order valence-corrected chi connectivity index (χ3v) is 4.70. The van der Waals surface area contributed by atoms with Crippen molar-refractivity contribution in [1.82, 2.24) is 10.7 Å². The Balaban J connectivity index is 2.32. The van der Waals surface area contributed by atoms with Crippen LogP contribution in [0.2, 0.25) is 0 Å². The van der Waals surface area contributed by atoms with E-state index < -0.39 is 21.2 Å². The van der Waals surface area contributed by atoms with E-state index in [1.54, 1.807) is 0 Å². The summed E-state index contributed by atoms with van der Waals surface area (Å²) in [7, 11) is -3.63. The van der Waals surface area contributed by atoms with Crippen LogP contribution in [0.1, 0.15) is 10.4 Å². The van der Waals surface area contributed by atoms with Gasteiger partial charge in [0.25, 0.3) is 5.91 Å². The molecule has 1 aromatic carbocycles. The maximum Gasteiger partial charge on any atom is 0.265 e. The predicted molar refractivity (Wildman–Crippen MR) is 67.9 cm³/mol. The fourth-order valence-corrected chi connectivity index (χ4v) is 3.27. The lowest BCUT2D eigenvalue weighted by Crippen LogP contribution is -2.43. The lowest BCUT2D eigenvalue weighted by molar-refractivity contribution is 0.0784. The molecule has 0 aromatic heterocycles. The van der Waals surface area contributed by atoms with Gasteiger partial charge >= 0.3 is 0 Å². The summed E-state index contributed by atoms with van der Waals surface area (Å²) in [6, 6.07) is 5.70. The van der Waals surface area contributed by atoms with E-state index in [2.05, 4.69) is 5.32 Å². The SMILES string of the molecule is NNC(=O)c1cccc(S(=O)(=O)C2CNCCO2)c1. The minimum Gasteiger partial charge on any atom is -0.359 e. The Hall–Kier alpha value is -1.48. The zero-order valence-electron chi connectivity index (χ0n) is 10.1. The first kappa shape index (κ1) is 13.9. The van der Waals surface area contributed by atoms with Crippen molar-refractivity contribution in [3.63, 3.8) is 0 Å². The third-order valence-electron chi connectivity index (χ3n) is 2.80. The minimum absolute atomic E-state index is 0.0438. The molecule has 0 radical (unpaired) electrons. The van der Waals surface area contributed by atoms with Gasteiger partial charge in [0.1, 0.15) is 0 Å². The summed E-state index contributed by atoms with van der Waals surface area (Å²) in [5, 5.41) is 2.96. The summed E-state index contributed by atoms with van der Waals surface area (Å²) in [4.78, 5) is 11.4. The molecule has 0 saturated carbocycles. The van der Waals surface area contributed by atoms with Crippen LogP contribution in [-0.4, -0.2) is 39.5 Å². The van der Waals surface area contributed by atoms with Crippen molar-refractivity contribution in [3.05, 3.63) is 29.8 Å². The highest BCUT2D eigenvalue weighted by Gasteiger charge is 2.30. The van der Waals surface area contributed by atoms with Crippen molar-refractivity contribution in [3.8, 4) is 0 Å². The van der Waals surface area contributed by atoms with Crippen LogP contribution in [0.3, 0.4) is 0 Å². The summed E-state index contributed by atoms with van der Waals surface area (Å²) in [5.41, 5.74) is 1.22. The van der Waals surface area contributed by atoms with Crippen molar-refractivity contribution < 1.29 is 17.9 Å². The molecule has 0 bridgehead atoms. The van der Waals surface area contributed by atoms with E-state index in [4.69, 9.17) is 10.6 Å². The van der Waals surface area contributed by atoms with Gasteiger partial charge in [0.2, 0.25) is 9.84 Å². The number of carbonyl (C=O) groups is 1. The predicted octanol–water partition coefficient (Wildman–Crippen LogP) is -0.990. The maximum atomic E-state index is 12.3. The van der Waals surface area contributed by atoms with Crippen molar-refractivity contribution in [1.29, 1.82) is 0 Å². The zero-order chi connectivity index (χ0) is 13.9. The Morgan fingerprint density at radius 1 is 1.47 bits per heavy atom. The number of carbonyl (C=O) groups excluding carboxylic acids is 1. The van der Waals surface area contributed by atoms with Crippen LogP contribution >= 0.6 is 0 Å². The maximum absolute atomic E-state index is 12.3. The first-order valence-electron chi connectivity index (χ1n) is 5.73. The standard InChI is InChI=1S/C11H15N3O4S/c12-14-11(15)8-2-1-3-9(6-8)19(16,17)10-7-13-4-5-18-10/h1-3,6,10,13H,4-5,7,12H2,(H,14,15). The number of morpholine rings is 1. The van der Waals surface area contributed by atoms with Gasteiger partial charge in [0, 0.05) is 18.7 Å². The number of benzene rings is 1. The molecule has 1 unspecified atom stereocenters. The molecule has 1 fully saturated rings. The van der Waals surface area contributed by atoms with Gasteiger partial charge in [-0.2, -0.15) is 0 Å². The fraction of sp³-hybridized carbons (Fsp3) is 0.364. The van der Waals surface area contributed by atoms with Gasteiger partial charge in [-0.25, -0.2) is 14.3 Å². The lowest BCUT2D eigenvalue weighted by atomic mass is 10.2. The normalized spacial score (nSPS) is 19.9. The van der Waals surface area contributed by atoms with E-state index in [0.717, 1.165) is 0 Å². The second kappa shape index (κ2) is 5.66. The summed E-state index contributed by atoms with van der Waals surface area (Å²) in [6.07, 6.45) is 0. The van der Waals surface area contributed by atoms with Crippen molar-refractivity contribution in [2.45, 2.75) is 10.3 Å². The van der Waals surface area contributed by atoms with Crippen LogP contribution in [0.5, 0.6) is 0 Å². The average molecular weight is 285 g/mol. The average Bonchev–Trinajstić information content (AvgIpc) is 2.47. The second-order valence-electron chi connectivity index (χ2n) is 4.05. The summed E-state index contributed by atoms with van der Waals surface area (Å²) in [5.74, 6) is 4.48. The molecule has 2 rings (SSSR count). The first-order chi connectivity index (χ1) is 9.05. The Morgan fingerprint density at radius 2 is 2.26 bits per heavy atom. The van der Waals surface area contributed by atoms with Crippen LogP contribution in [0.15, 0.2) is 29.2 Å². The van der Waals surface area contributed by atoms with Crippen molar-refractivity contribution in [2.24, 2.45) is 5.84 Å². The molecule has 4 N–H and O–H groups in total. The smallest absolute Gasteiger partial charge is 0.265 e. The van der Waals surface area contributed by atoms with E-state index >= 15 is 0 Å². The van der Waals surface area contributed by atoms with Crippen LogP contribution in [-0.2, 0) is 14.6 Å². The quantitative estimate of drug-likeness (QED) is 0.373. The topological polar surface area (TPSA) is 111 Å². The Kier molecular flexibility index (Phi) is 4.15. The van der Waals surface area contributed by atoms with E-state index in [0.29, 0.717) is 13.2 Å². The number of nitrogen functional groups attached to an aromatic ring is 1. The van der Waals surface area contributed by atoms with Gasteiger partial charge in [-0.15, -0.1) is 0 Å². The monoisotopic (exact) mass is 285 g/mol. The van der Waals surface area contributed by atoms with Gasteiger partial charge in [0.15, 0.2) is 5.44 Å². The van der Waals surface area contributed by atoms with Crippen LogP contribution in [0, 0.1) is 0 Å². The van der Waals surface area contributed by atoms with Gasteiger partial charge in [0.05, 0.1) is 11.5 Å². The number of rotatable bonds is 3. The van der Waals surface area contributed by atoms with Crippen molar-refractivity contribution in [2.75, 3.05) is 19.7 Å². The molecule has 19 heavy (non-hydrogen) atoms. The van der Waals surface area contributed by atoms with Crippen LogP contribution in [0.4, 0.5) is 0 Å². The van der Waals surface area contributed by atoms with Gasteiger partial charge in [-0.05, 0) is 18.2 Å². The number of hydrogen-bond acceptors (Lipinski definition) is 6. The van der Waals surface area contributed by atoms with Gasteiger partial charge in [-0.3, -0.25) is 10.2 Å². The molecule has 104 valence electrons. The first-order valence-corrected chi connectivity index (χ1v) is 7.27. The Labute approximate surface area is 111 Å². The second-order valence-corrected chi connectivity index (χ2v) is 6.14. The highest BCUT2D eigenvalue weighted by atomic mass is 32.2. The van der Waals surface area contributed by atoms with Crippen LogP contribution < -0.4 is 16.6 Å². The molecule has 1 aromatic rings. The molecule has 1 aliphatic heterocycles. The largest absolute Gasteiger partial charge is 0.359 e. The van der Waals surface area contributed by atoms with Gasteiger partial charge in [-0.1, -0.05) is 6.07 Å². The van der Waals surface area contributed by atoms with Gasteiger partial charge < -0.3 is 10.1 Å². The highest BCUT2D eigenvalue weighted by Crippen LogP contribution is 2.19. The number of nitrogens with two attached hydrogens (primary N) is 1. The Bertz CT molecular complexity index is 567. The number of ether oxygens (including phenoxy) is 1. The highest BCUT2D eigenvalue weighted by molar-refractivity contribution is 7.92. The van der Waals surface area contributed by atoms with E-state index in [1.165, 1.54) is 24.3 Å². The molecule has 1 heterocycles.